The van der Waals surface area contributed by atoms with Crippen LogP contribution in [0.15, 0.2) is 30.5 Å². The Balaban J connectivity index is 0.00000158. The van der Waals surface area contributed by atoms with Gasteiger partial charge in [-0.15, -0.1) is 0 Å². The largest absolute Gasteiger partial charge is 0.494 e. The molecule has 1 aromatic carbocycles. The predicted octanol–water partition coefficient (Wildman–Crippen LogP) is 6.36. The van der Waals surface area contributed by atoms with E-state index in [4.69, 9.17) is 14.0 Å². The van der Waals surface area contributed by atoms with Gasteiger partial charge in [0.05, 0.1) is 29.1 Å². The second-order valence-electron chi connectivity index (χ2n) is 10.7. The first-order valence-corrected chi connectivity index (χ1v) is 12.4. The molecule has 1 N–H and O–H groups in total. The number of nitrogens with zero attached hydrogens (tertiary/aromatic N) is 2. The number of aromatic amines is 1. The summed E-state index contributed by atoms with van der Waals surface area (Å²) in [4.78, 5) is 22.4. The third-order valence-corrected chi connectivity index (χ3v) is 6.54. The molecule has 0 saturated carbocycles. The van der Waals surface area contributed by atoms with Gasteiger partial charge in [-0.25, -0.2) is 9.78 Å². The lowest BCUT2D eigenvalue weighted by atomic mass is 9.79. The lowest BCUT2D eigenvalue weighted by molar-refractivity contribution is 0.00578. The molecular weight excluding hydrogens is 441 g/mol. The quantitative estimate of drug-likeness (QED) is 0.510. The summed E-state index contributed by atoms with van der Waals surface area (Å²) in [6.07, 6.45) is 3.34. The molecule has 0 aliphatic carbocycles. The van der Waals surface area contributed by atoms with E-state index < -0.39 is 5.60 Å². The SMILES string of the molecule is C.CC.CC(C)(C)OC(=O)N1CCC[C@H]1c1ncc(-c2ccc(B3OC(C)(C)C(C)(C)O3)cc2)[nH]1.[HH]. The average molecular weight is 487 g/mol. The van der Waals surface area contributed by atoms with E-state index in [-0.39, 0.29) is 39.3 Å². The number of rotatable bonds is 3. The minimum absolute atomic E-state index is 0. The predicted molar refractivity (Wildman–Crippen MR) is 145 cm³/mol. The maximum Gasteiger partial charge on any atom is 0.494 e. The summed E-state index contributed by atoms with van der Waals surface area (Å²) in [5.74, 6) is 0.790. The van der Waals surface area contributed by atoms with Gasteiger partial charge in [-0.05, 0) is 72.3 Å². The van der Waals surface area contributed by atoms with Crippen molar-refractivity contribution < 1.29 is 20.3 Å². The monoisotopic (exact) mass is 487 g/mol. The summed E-state index contributed by atoms with van der Waals surface area (Å²) in [5, 5.41) is 0. The second-order valence-corrected chi connectivity index (χ2v) is 10.7. The number of carbonyl (C=O) groups excluding carboxylic acids is 1. The van der Waals surface area contributed by atoms with Crippen molar-refractivity contribution in [1.29, 1.82) is 0 Å². The lowest BCUT2D eigenvalue weighted by Gasteiger charge is -2.32. The molecule has 8 heteroatoms. The van der Waals surface area contributed by atoms with Crippen molar-refractivity contribution >= 4 is 18.7 Å². The fourth-order valence-corrected chi connectivity index (χ4v) is 4.04. The molecule has 1 amide bonds. The molecule has 2 fully saturated rings. The standard InChI is InChI=1S/C24H34BN3O4.C2H6.CH4.H2/c1-22(2,3)30-21(29)28-14-8-9-19(28)20-26-15-18(27-20)16-10-12-17(13-11-16)25-31-23(4,5)24(6,7)32-25;1-2;;/h10-13,15,19H,8-9,14H2,1-7H3,(H,26,27);1-2H3;1H4;1H/t19-;;;/m0.../s1. The fraction of sp³-hybridized carbons (Fsp3) is 0.630. The number of amides is 1. The molecule has 3 heterocycles. The van der Waals surface area contributed by atoms with Crippen LogP contribution in [-0.4, -0.2) is 51.4 Å². The molecule has 0 spiro atoms. The Morgan fingerprint density at radius 1 is 1.14 bits per heavy atom. The fourth-order valence-electron chi connectivity index (χ4n) is 4.04. The molecule has 35 heavy (non-hydrogen) atoms. The maximum atomic E-state index is 12.6. The number of imidazole rings is 1. The van der Waals surface area contributed by atoms with Crippen molar-refractivity contribution in [2.24, 2.45) is 0 Å². The van der Waals surface area contributed by atoms with E-state index in [1.165, 1.54) is 0 Å². The summed E-state index contributed by atoms with van der Waals surface area (Å²) >= 11 is 0. The Morgan fingerprint density at radius 2 is 1.71 bits per heavy atom. The maximum absolute atomic E-state index is 12.6. The number of ether oxygens (including phenoxy) is 1. The van der Waals surface area contributed by atoms with Crippen LogP contribution in [0.1, 0.15) is 95.9 Å². The highest BCUT2D eigenvalue weighted by Crippen LogP contribution is 2.37. The van der Waals surface area contributed by atoms with Crippen molar-refractivity contribution in [2.75, 3.05) is 6.54 Å². The number of H-pyrrole nitrogens is 1. The summed E-state index contributed by atoms with van der Waals surface area (Å²) in [7, 11) is -0.382. The third-order valence-electron chi connectivity index (χ3n) is 6.54. The topological polar surface area (TPSA) is 76.7 Å². The van der Waals surface area contributed by atoms with E-state index in [0.717, 1.165) is 35.4 Å². The number of nitrogens with one attached hydrogen (secondary N) is 1. The van der Waals surface area contributed by atoms with Gasteiger partial charge in [-0.1, -0.05) is 45.5 Å². The van der Waals surface area contributed by atoms with Crippen molar-refractivity contribution in [3.63, 3.8) is 0 Å². The summed E-state index contributed by atoms with van der Waals surface area (Å²) < 4.78 is 17.9. The highest BCUT2D eigenvalue weighted by atomic mass is 16.7. The first-order valence-electron chi connectivity index (χ1n) is 12.4. The molecule has 7 nitrogen and oxygen atoms in total. The van der Waals surface area contributed by atoms with E-state index in [1.54, 1.807) is 4.90 Å². The lowest BCUT2D eigenvalue weighted by Crippen LogP contribution is -2.41. The normalized spacial score (nSPS) is 20.7. The average Bonchev–Trinajstić information content (AvgIpc) is 3.46. The number of carbonyl (C=O) groups is 1. The van der Waals surface area contributed by atoms with Crippen LogP contribution in [0.3, 0.4) is 0 Å². The highest BCUT2D eigenvalue weighted by molar-refractivity contribution is 6.62. The van der Waals surface area contributed by atoms with Gasteiger partial charge in [0, 0.05) is 7.97 Å². The van der Waals surface area contributed by atoms with E-state index in [1.807, 2.05) is 65.1 Å². The molecular formula is C27H46BN3O4. The van der Waals surface area contributed by atoms with Crippen LogP contribution in [0, 0.1) is 0 Å². The number of benzene rings is 1. The highest BCUT2D eigenvalue weighted by Gasteiger charge is 2.51. The van der Waals surface area contributed by atoms with Crippen molar-refractivity contribution in [3.05, 3.63) is 36.3 Å². The van der Waals surface area contributed by atoms with E-state index in [0.29, 0.717) is 6.54 Å². The van der Waals surface area contributed by atoms with Crippen molar-refractivity contribution in [1.82, 2.24) is 14.9 Å². The van der Waals surface area contributed by atoms with E-state index in [2.05, 4.69) is 37.7 Å². The summed E-state index contributed by atoms with van der Waals surface area (Å²) in [6.45, 7) is 18.5. The molecule has 196 valence electrons. The number of hydrogen-bond donors (Lipinski definition) is 1. The van der Waals surface area contributed by atoms with E-state index in [9.17, 15) is 4.79 Å². The molecule has 2 aliphatic heterocycles. The van der Waals surface area contributed by atoms with Crippen LogP contribution in [-0.2, 0) is 14.0 Å². The van der Waals surface area contributed by atoms with Crippen LogP contribution in [0.2, 0.25) is 0 Å². The second kappa shape index (κ2) is 10.7. The van der Waals surface area contributed by atoms with Gasteiger partial charge in [0.2, 0.25) is 0 Å². The Morgan fingerprint density at radius 3 is 2.26 bits per heavy atom. The number of likely N-dealkylation sites (tertiary alicyclic amines) is 1. The zero-order chi connectivity index (χ0) is 25.3. The minimum atomic E-state index is -0.516. The van der Waals surface area contributed by atoms with Crippen LogP contribution >= 0.6 is 0 Å². The van der Waals surface area contributed by atoms with Gasteiger partial charge in [-0.3, -0.25) is 4.90 Å². The van der Waals surface area contributed by atoms with Gasteiger partial charge in [-0.2, -0.15) is 0 Å². The van der Waals surface area contributed by atoms with Crippen molar-refractivity contribution in [3.8, 4) is 11.3 Å². The van der Waals surface area contributed by atoms with Crippen LogP contribution in [0.25, 0.3) is 11.3 Å². The smallest absolute Gasteiger partial charge is 0.444 e. The Hall–Kier alpha value is -2.32. The van der Waals surface area contributed by atoms with Crippen LogP contribution < -0.4 is 5.46 Å². The zero-order valence-corrected chi connectivity index (χ0v) is 22.2. The first-order chi connectivity index (χ1) is 15.9. The molecule has 0 unspecified atom stereocenters. The van der Waals surface area contributed by atoms with Gasteiger partial charge >= 0.3 is 13.2 Å². The van der Waals surface area contributed by atoms with Crippen LogP contribution in [0.5, 0.6) is 0 Å². The summed E-state index contributed by atoms with van der Waals surface area (Å²) in [6, 6.07) is 8.04. The van der Waals surface area contributed by atoms with Gasteiger partial charge in [0.25, 0.3) is 0 Å². The number of aromatic nitrogens is 2. The first kappa shape index (κ1) is 28.9. The molecule has 2 saturated heterocycles. The number of hydrogen-bond acceptors (Lipinski definition) is 5. The molecule has 4 rings (SSSR count). The summed E-state index contributed by atoms with van der Waals surface area (Å²) in [5.41, 5.74) is 1.67. The third kappa shape index (κ3) is 6.28. The van der Waals surface area contributed by atoms with Crippen LogP contribution in [0.4, 0.5) is 4.79 Å². The van der Waals surface area contributed by atoms with Crippen molar-refractivity contribution in [2.45, 2.75) is 105 Å². The Kier molecular flexibility index (Phi) is 8.88. The molecule has 2 aromatic rings. The zero-order valence-electron chi connectivity index (χ0n) is 22.2. The van der Waals surface area contributed by atoms with Gasteiger partial charge in [0.1, 0.15) is 11.4 Å². The Bertz CT molecular complexity index is 970. The van der Waals surface area contributed by atoms with E-state index >= 15 is 0 Å². The molecule has 2 aliphatic rings. The molecule has 0 radical (unpaired) electrons. The molecule has 0 bridgehead atoms. The molecule has 1 aromatic heterocycles. The Labute approximate surface area is 213 Å². The minimum Gasteiger partial charge on any atom is -0.444 e. The molecule has 1 atom stereocenters. The van der Waals surface area contributed by atoms with Gasteiger partial charge in [0.15, 0.2) is 0 Å². The van der Waals surface area contributed by atoms with Gasteiger partial charge < -0.3 is 19.0 Å².